The number of nitrogens with zero attached hydrogens (tertiary/aromatic N) is 4. The molecule has 3 aromatic rings. The zero-order valence-electron chi connectivity index (χ0n) is 18.8. The Hall–Kier alpha value is -2.92. The fourth-order valence-electron chi connectivity index (χ4n) is 4.29. The number of aromatic nitrogens is 2. The second-order valence-corrected chi connectivity index (χ2v) is 8.56. The van der Waals surface area contributed by atoms with E-state index in [9.17, 15) is 4.79 Å². The second-order valence-electron chi connectivity index (χ2n) is 8.56. The first-order chi connectivity index (χ1) is 15.0. The van der Waals surface area contributed by atoms with Crippen LogP contribution in [-0.4, -0.2) is 45.6 Å². The van der Waals surface area contributed by atoms with Gasteiger partial charge >= 0.3 is 0 Å². The lowest BCUT2D eigenvalue weighted by Gasteiger charge is -2.27. The monoisotopic (exact) mass is 416 g/mol. The zero-order chi connectivity index (χ0) is 21.8. The number of amides is 1. The lowest BCUT2D eigenvalue weighted by atomic mass is 10.0. The van der Waals surface area contributed by atoms with Crippen molar-refractivity contribution in [2.75, 3.05) is 20.1 Å². The molecule has 1 aliphatic heterocycles. The van der Waals surface area contributed by atoms with Gasteiger partial charge in [-0.25, -0.2) is 4.68 Å². The molecule has 2 aromatic carbocycles. The summed E-state index contributed by atoms with van der Waals surface area (Å²) < 4.78 is 2.10. The molecular formula is C26H32N4O. The van der Waals surface area contributed by atoms with Crippen molar-refractivity contribution < 1.29 is 4.79 Å². The van der Waals surface area contributed by atoms with Crippen molar-refractivity contribution in [2.24, 2.45) is 0 Å². The third kappa shape index (κ3) is 4.88. The van der Waals surface area contributed by atoms with E-state index in [1.165, 1.54) is 16.8 Å². The van der Waals surface area contributed by atoms with Gasteiger partial charge in [-0.1, -0.05) is 55.0 Å². The summed E-state index contributed by atoms with van der Waals surface area (Å²) in [5.41, 5.74) is 6.97. The van der Waals surface area contributed by atoms with Crippen molar-refractivity contribution in [3.8, 4) is 5.69 Å². The van der Waals surface area contributed by atoms with E-state index in [1.54, 1.807) is 0 Å². The van der Waals surface area contributed by atoms with Crippen LogP contribution in [0, 0.1) is 6.92 Å². The van der Waals surface area contributed by atoms with Gasteiger partial charge < -0.3 is 4.90 Å². The van der Waals surface area contributed by atoms with Gasteiger partial charge in [0.25, 0.3) is 0 Å². The van der Waals surface area contributed by atoms with Crippen LogP contribution in [0.1, 0.15) is 41.4 Å². The number of carbonyl (C=O) groups excluding carboxylic acids is 1. The average Bonchev–Trinajstić information content (AvgIpc) is 3.13. The van der Waals surface area contributed by atoms with Gasteiger partial charge in [-0.2, -0.15) is 5.10 Å². The van der Waals surface area contributed by atoms with Gasteiger partial charge in [0.2, 0.25) is 5.91 Å². The van der Waals surface area contributed by atoms with Gasteiger partial charge in [0.1, 0.15) is 0 Å². The standard InChI is InChI=1S/C26H32N4O/c1-4-15-29-16-14-25-23(18-29)24(27-30(25)22-12-10-20(2)11-13-22)19-28(3)26(31)17-21-8-6-5-7-9-21/h5-13H,4,14-19H2,1-3H3. The number of likely N-dealkylation sites (N-methyl/N-ethyl adjacent to an activating group) is 1. The largest absolute Gasteiger partial charge is 0.339 e. The fourth-order valence-corrected chi connectivity index (χ4v) is 4.29. The van der Waals surface area contributed by atoms with Crippen molar-refractivity contribution >= 4 is 5.91 Å². The minimum Gasteiger partial charge on any atom is -0.339 e. The highest BCUT2D eigenvalue weighted by molar-refractivity contribution is 5.78. The molecule has 5 nitrogen and oxygen atoms in total. The Bertz CT molecular complexity index is 1020. The van der Waals surface area contributed by atoms with Gasteiger partial charge in [0.05, 0.1) is 30.0 Å². The van der Waals surface area contributed by atoms with Crippen LogP contribution >= 0.6 is 0 Å². The molecule has 1 aliphatic rings. The van der Waals surface area contributed by atoms with Crippen molar-refractivity contribution in [3.63, 3.8) is 0 Å². The molecule has 0 bridgehead atoms. The first kappa shape index (κ1) is 21.3. The molecule has 1 amide bonds. The number of fused-ring (bicyclic) bond motifs is 1. The first-order valence-electron chi connectivity index (χ1n) is 11.2. The summed E-state index contributed by atoms with van der Waals surface area (Å²) in [7, 11) is 1.88. The molecule has 0 fully saturated rings. The van der Waals surface area contributed by atoms with Gasteiger partial charge in [-0.15, -0.1) is 0 Å². The van der Waals surface area contributed by atoms with E-state index >= 15 is 0 Å². The number of benzene rings is 2. The van der Waals surface area contributed by atoms with E-state index < -0.39 is 0 Å². The number of aryl methyl sites for hydroxylation is 1. The maximum Gasteiger partial charge on any atom is 0.227 e. The molecule has 0 radical (unpaired) electrons. The molecule has 2 heterocycles. The fraction of sp³-hybridized carbons (Fsp3) is 0.385. The SMILES string of the molecule is CCCN1CCc2c(c(CN(C)C(=O)Cc3ccccc3)nn2-c2ccc(C)cc2)C1. The quantitative estimate of drug-likeness (QED) is 0.581. The molecule has 31 heavy (non-hydrogen) atoms. The third-order valence-corrected chi connectivity index (χ3v) is 6.05. The maximum absolute atomic E-state index is 12.8. The highest BCUT2D eigenvalue weighted by atomic mass is 16.2. The van der Waals surface area contributed by atoms with E-state index in [1.807, 2.05) is 42.3 Å². The number of rotatable bonds is 7. The normalized spacial score (nSPS) is 13.8. The summed E-state index contributed by atoms with van der Waals surface area (Å²) in [6.07, 6.45) is 2.55. The highest BCUT2D eigenvalue weighted by Crippen LogP contribution is 2.26. The summed E-state index contributed by atoms with van der Waals surface area (Å²) in [5.74, 6) is 0.117. The van der Waals surface area contributed by atoms with Crippen LogP contribution in [0.4, 0.5) is 0 Å². The Labute approximate surface area is 185 Å². The average molecular weight is 417 g/mol. The Morgan fingerprint density at radius 3 is 2.55 bits per heavy atom. The van der Waals surface area contributed by atoms with Crippen molar-refractivity contribution in [2.45, 2.75) is 46.2 Å². The van der Waals surface area contributed by atoms with Crippen LogP contribution in [0.5, 0.6) is 0 Å². The van der Waals surface area contributed by atoms with E-state index in [-0.39, 0.29) is 5.91 Å². The molecule has 0 spiro atoms. The summed E-state index contributed by atoms with van der Waals surface area (Å²) in [6, 6.07) is 18.5. The number of hydrogen-bond donors (Lipinski definition) is 0. The van der Waals surface area contributed by atoms with Crippen LogP contribution < -0.4 is 0 Å². The molecule has 0 unspecified atom stereocenters. The molecule has 162 valence electrons. The van der Waals surface area contributed by atoms with Crippen molar-refractivity contribution in [1.29, 1.82) is 0 Å². The van der Waals surface area contributed by atoms with Crippen LogP contribution in [-0.2, 0) is 30.7 Å². The van der Waals surface area contributed by atoms with Crippen LogP contribution in [0.2, 0.25) is 0 Å². The molecule has 0 N–H and O–H groups in total. The molecular weight excluding hydrogens is 384 g/mol. The van der Waals surface area contributed by atoms with E-state index in [2.05, 4.69) is 47.7 Å². The molecule has 0 aliphatic carbocycles. The van der Waals surface area contributed by atoms with Crippen LogP contribution in [0.3, 0.4) is 0 Å². The van der Waals surface area contributed by atoms with E-state index in [0.717, 1.165) is 49.4 Å². The second kappa shape index (κ2) is 9.48. The topological polar surface area (TPSA) is 41.4 Å². The number of carbonyl (C=O) groups is 1. The minimum absolute atomic E-state index is 0.117. The molecule has 0 atom stereocenters. The predicted molar refractivity (Wildman–Crippen MR) is 124 cm³/mol. The van der Waals surface area contributed by atoms with E-state index in [4.69, 9.17) is 5.10 Å². The molecule has 4 rings (SSSR count). The minimum atomic E-state index is 0.117. The lowest BCUT2D eigenvalue weighted by molar-refractivity contribution is -0.129. The molecule has 0 saturated heterocycles. The Balaban J connectivity index is 1.60. The molecule has 5 heteroatoms. The van der Waals surface area contributed by atoms with Crippen LogP contribution in [0.15, 0.2) is 54.6 Å². The Morgan fingerprint density at radius 1 is 1.10 bits per heavy atom. The maximum atomic E-state index is 12.8. The van der Waals surface area contributed by atoms with Crippen molar-refractivity contribution in [1.82, 2.24) is 19.6 Å². The van der Waals surface area contributed by atoms with Gasteiger partial charge in [0.15, 0.2) is 0 Å². The van der Waals surface area contributed by atoms with Gasteiger partial charge in [-0.3, -0.25) is 9.69 Å². The van der Waals surface area contributed by atoms with Crippen LogP contribution in [0.25, 0.3) is 5.69 Å². The Morgan fingerprint density at radius 2 is 1.84 bits per heavy atom. The first-order valence-corrected chi connectivity index (χ1v) is 11.2. The smallest absolute Gasteiger partial charge is 0.227 e. The molecule has 1 aromatic heterocycles. The summed E-state index contributed by atoms with van der Waals surface area (Å²) in [4.78, 5) is 17.2. The Kier molecular flexibility index (Phi) is 6.52. The van der Waals surface area contributed by atoms with Gasteiger partial charge in [0, 0.05) is 32.1 Å². The highest BCUT2D eigenvalue weighted by Gasteiger charge is 2.26. The van der Waals surface area contributed by atoms with E-state index in [0.29, 0.717) is 13.0 Å². The summed E-state index contributed by atoms with van der Waals surface area (Å²) in [5, 5.41) is 5.01. The summed E-state index contributed by atoms with van der Waals surface area (Å²) in [6.45, 7) is 7.92. The zero-order valence-corrected chi connectivity index (χ0v) is 18.8. The van der Waals surface area contributed by atoms with Crippen molar-refractivity contribution in [3.05, 3.63) is 82.7 Å². The molecule has 0 saturated carbocycles. The predicted octanol–water partition coefficient (Wildman–Crippen LogP) is 4.15. The third-order valence-electron chi connectivity index (χ3n) is 6.05. The number of hydrogen-bond acceptors (Lipinski definition) is 3. The van der Waals surface area contributed by atoms with Gasteiger partial charge in [-0.05, 0) is 37.6 Å². The lowest BCUT2D eigenvalue weighted by Crippen LogP contribution is -2.33. The summed E-state index contributed by atoms with van der Waals surface area (Å²) >= 11 is 0.